The van der Waals surface area contributed by atoms with Gasteiger partial charge in [-0.05, 0) is 30.9 Å². The number of benzene rings is 1. The van der Waals surface area contributed by atoms with Crippen LogP contribution in [0.15, 0.2) is 24.3 Å². The van der Waals surface area contributed by atoms with Gasteiger partial charge in [-0.25, -0.2) is 0 Å². The SMILES string of the molecule is Cc1nn(C)c(Cl)c1CNC1Cc2ccccc2C1. The first kappa shape index (κ1) is 12.7. The number of nitrogens with one attached hydrogen (secondary N) is 1. The van der Waals surface area contributed by atoms with E-state index in [1.54, 1.807) is 4.68 Å². The summed E-state index contributed by atoms with van der Waals surface area (Å²) in [6, 6.07) is 9.18. The number of aromatic nitrogens is 2. The van der Waals surface area contributed by atoms with Crippen LogP contribution in [-0.2, 0) is 26.4 Å². The number of hydrogen-bond acceptors (Lipinski definition) is 2. The molecule has 0 saturated carbocycles. The number of fused-ring (bicyclic) bond motifs is 1. The first-order valence-electron chi connectivity index (χ1n) is 6.63. The molecule has 0 atom stereocenters. The quantitative estimate of drug-likeness (QED) is 0.933. The van der Waals surface area contributed by atoms with E-state index in [2.05, 4.69) is 34.7 Å². The van der Waals surface area contributed by atoms with Crippen LogP contribution in [0.1, 0.15) is 22.4 Å². The van der Waals surface area contributed by atoms with Crippen molar-refractivity contribution in [2.75, 3.05) is 0 Å². The molecule has 0 spiro atoms. The van der Waals surface area contributed by atoms with Gasteiger partial charge in [0.25, 0.3) is 0 Å². The predicted octanol–water partition coefficient (Wildman–Crippen LogP) is 2.64. The molecule has 4 heteroatoms. The van der Waals surface area contributed by atoms with E-state index in [-0.39, 0.29) is 0 Å². The van der Waals surface area contributed by atoms with Gasteiger partial charge in [-0.2, -0.15) is 5.10 Å². The minimum atomic E-state index is 0.507. The van der Waals surface area contributed by atoms with Crippen LogP contribution in [0.2, 0.25) is 5.15 Å². The highest BCUT2D eigenvalue weighted by atomic mass is 35.5. The highest BCUT2D eigenvalue weighted by Crippen LogP contribution is 2.23. The Hall–Kier alpha value is -1.32. The molecule has 1 aromatic heterocycles. The molecule has 100 valence electrons. The van der Waals surface area contributed by atoms with Crippen molar-refractivity contribution in [1.29, 1.82) is 0 Å². The lowest BCUT2D eigenvalue weighted by Gasteiger charge is -2.11. The average molecular weight is 276 g/mol. The van der Waals surface area contributed by atoms with Crippen LogP contribution in [0.25, 0.3) is 0 Å². The lowest BCUT2D eigenvalue weighted by molar-refractivity contribution is 0.532. The molecule has 0 bridgehead atoms. The van der Waals surface area contributed by atoms with E-state index < -0.39 is 0 Å². The molecule has 1 aromatic carbocycles. The van der Waals surface area contributed by atoms with Gasteiger partial charge >= 0.3 is 0 Å². The molecule has 3 rings (SSSR count). The first-order chi connectivity index (χ1) is 9.15. The summed E-state index contributed by atoms with van der Waals surface area (Å²) < 4.78 is 1.73. The number of halogens is 1. The summed E-state index contributed by atoms with van der Waals surface area (Å²) in [4.78, 5) is 0. The summed E-state index contributed by atoms with van der Waals surface area (Å²) in [6.45, 7) is 2.80. The Balaban J connectivity index is 1.66. The fourth-order valence-corrected chi connectivity index (χ4v) is 3.07. The van der Waals surface area contributed by atoms with Crippen LogP contribution in [-0.4, -0.2) is 15.8 Å². The van der Waals surface area contributed by atoms with Crippen molar-refractivity contribution in [3.8, 4) is 0 Å². The summed E-state index contributed by atoms with van der Waals surface area (Å²) in [6.07, 6.45) is 2.21. The molecule has 2 aromatic rings. The van der Waals surface area contributed by atoms with E-state index in [4.69, 9.17) is 11.6 Å². The average Bonchev–Trinajstić information content (AvgIpc) is 2.90. The van der Waals surface area contributed by atoms with Crippen molar-refractivity contribution in [2.45, 2.75) is 32.4 Å². The van der Waals surface area contributed by atoms with E-state index in [1.807, 2.05) is 14.0 Å². The van der Waals surface area contributed by atoms with Crippen molar-refractivity contribution in [3.63, 3.8) is 0 Å². The second-order valence-corrected chi connectivity index (χ2v) is 5.59. The Kier molecular flexibility index (Phi) is 3.33. The maximum atomic E-state index is 6.25. The summed E-state index contributed by atoms with van der Waals surface area (Å²) in [7, 11) is 1.88. The fraction of sp³-hybridized carbons (Fsp3) is 0.400. The van der Waals surface area contributed by atoms with Crippen molar-refractivity contribution in [3.05, 3.63) is 51.8 Å². The monoisotopic (exact) mass is 275 g/mol. The molecule has 0 aliphatic heterocycles. The van der Waals surface area contributed by atoms with Crippen LogP contribution in [0.4, 0.5) is 0 Å². The molecule has 1 N–H and O–H groups in total. The zero-order chi connectivity index (χ0) is 13.4. The molecular formula is C15H18ClN3. The van der Waals surface area contributed by atoms with E-state index in [1.165, 1.54) is 11.1 Å². The van der Waals surface area contributed by atoms with E-state index in [0.29, 0.717) is 6.04 Å². The Morgan fingerprint density at radius 1 is 1.32 bits per heavy atom. The third-order valence-electron chi connectivity index (χ3n) is 3.89. The summed E-state index contributed by atoms with van der Waals surface area (Å²) in [5.74, 6) is 0. The second-order valence-electron chi connectivity index (χ2n) is 5.23. The van der Waals surface area contributed by atoms with Gasteiger partial charge in [-0.15, -0.1) is 0 Å². The number of aryl methyl sites for hydroxylation is 2. The second kappa shape index (κ2) is 4.99. The summed E-state index contributed by atoms with van der Waals surface area (Å²) in [5.41, 5.74) is 5.05. The van der Waals surface area contributed by atoms with Crippen LogP contribution >= 0.6 is 11.6 Å². The van der Waals surface area contributed by atoms with Gasteiger partial charge in [-0.1, -0.05) is 35.9 Å². The van der Waals surface area contributed by atoms with Gasteiger partial charge in [-0.3, -0.25) is 4.68 Å². The topological polar surface area (TPSA) is 29.9 Å². The highest BCUT2D eigenvalue weighted by molar-refractivity contribution is 6.30. The van der Waals surface area contributed by atoms with E-state index in [0.717, 1.165) is 35.8 Å². The van der Waals surface area contributed by atoms with Gasteiger partial charge in [0.1, 0.15) is 5.15 Å². The van der Waals surface area contributed by atoms with Crippen molar-refractivity contribution >= 4 is 11.6 Å². The zero-order valence-corrected chi connectivity index (χ0v) is 12.0. The minimum absolute atomic E-state index is 0.507. The molecule has 0 amide bonds. The Morgan fingerprint density at radius 3 is 2.47 bits per heavy atom. The predicted molar refractivity (Wildman–Crippen MR) is 77.4 cm³/mol. The van der Waals surface area contributed by atoms with Gasteiger partial charge in [0, 0.05) is 25.2 Å². The molecule has 3 nitrogen and oxygen atoms in total. The molecule has 19 heavy (non-hydrogen) atoms. The maximum Gasteiger partial charge on any atom is 0.131 e. The normalized spacial score (nSPS) is 14.9. The third-order valence-corrected chi connectivity index (χ3v) is 4.36. The lowest BCUT2D eigenvalue weighted by Crippen LogP contribution is -2.29. The van der Waals surface area contributed by atoms with Crippen LogP contribution in [0.3, 0.4) is 0 Å². The van der Waals surface area contributed by atoms with Crippen molar-refractivity contribution < 1.29 is 0 Å². The third kappa shape index (κ3) is 2.40. The van der Waals surface area contributed by atoms with Crippen LogP contribution in [0.5, 0.6) is 0 Å². The standard InChI is InChI=1S/C15H18ClN3/c1-10-14(15(16)19(2)18-10)9-17-13-7-11-5-3-4-6-12(11)8-13/h3-6,13,17H,7-9H2,1-2H3. The van der Waals surface area contributed by atoms with Crippen LogP contribution in [0, 0.1) is 6.92 Å². The first-order valence-corrected chi connectivity index (χ1v) is 7.01. The van der Waals surface area contributed by atoms with E-state index in [9.17, 15) is 0 Å². The number of hydrogen-bond donors (Lipinski definition) is 1. The highest BCUT2D eigenvalue weighted by Gasteiger charge is 2.21. The zero-order valence-electron chi connectivity index (χ0n) is 11.3. The van der Waals surface area contributed by atoms with Gasteiger partial charge in [0.2, 0.25) is 0 Å². The Labute approximate surface area is 118 Å². The molecule has 1 heterocycles. The summed E-state index contributed by atoms with van der Waals surface area (Å²) >= 11 is 6.25. The summed E-state index contributed by atoms with van der Waals surface area (Å²) in [5, 5.41) is 8.68. The number of rotatable bonds is 3. The Morgan fingerprint density at radius 2 is 1.95 bits per heavy atom. The molecule has 1 aliphatic rings. The maximum absolute atomic E-state index is 6.25. The van der Waals surface area contributed by atoms with Gasteiger partial charge in [0.15, 0.2) is 0 Å². The molecule has 0 saturated heterocycles. The smallest absolute Gasteiger partial charge is 0.131 e. The molecule has 1 aliphatic carbocycles. The van der Waals surface area contributed by atoms with E-state index >= 15 is 0 Å². The number of nitrogens with zero attached hydrogens (tertiary/aromatic N) is 2. The fourth-order valence-electron chi connectivity index (χ4n) is 2.82. The molecular weight excluding hydrogens is 258 g/mol. The molecule has 0 fully saturated rings. The van der Waals surface area contributed by atoms with Gasteiger partial charge in [0.05, 0.1) is 5.69 Å². The minimum Gasteiger partial charge on any atom is -0.309 e. The molecule has 0 unspecified atom stereocenters. The van der Waals surface area contributed by atoms with Gasteiger partial charge < -0.3 is 5.32 Å². The lowest BCUT2D eigenvalue weighted by atomic mass is 10.1. The van der Waals surface area contributed by atoms with Crippen molar-refractivity contribution in [1.82, 2.24) is 15.1 Å². The van der Waals surface area contributed by atoms with Crippen LogP contribution < -0.4 is 5.32 Å². The van der Waals surface area contributed by atoms with Crippen molar-refractivity contribution in [2.24, 2.45) is 7.05 Å². The Bertz CT molecular complexity index is 578. The molecule has 0 radical (unpaired) electrons. The largest absolute Gasteiger partial charge is 0.309 e.